The van der Waals surface area contributed by atoms with E-state index in [0.717, 1.165) is 0 Å². The molecule has 41 heavy (non-hydrogen) atoms. The molecule has 5 N–H and O–H groups in total. The molecule has 1 aromatic heterocycles. The maximum absolute atomic E-state index is 12.6. The Bertz CT molecular complexity index is 1650. The van der Waals surface area contributed by atoms with E-state index in [0.29, 0.717) is 11.1 Å². The molecule has 1 amide bonds. The van der Waals surface area contributed by atoms with Crippen LogP contribution in [0.25, 0.3) is 0 Å². The molecule has 0 bridgehead atoms. The fraction of sp³-hybridized carbons (Fsp3) is 0.143. The lowest BCUT2D eigenvalue weighted by Crippen LogP contribution is -2.45. The van der Waals surface area contributed by atoms with Crippen molar-refractivity contribution >= 4 is 58.1 Å². The van der Waals surface area contributed by atoms with E-state index >= 15 is 0 Å². The zero-order chi connectivity index (χ0) is 29.7. The molecule has 4 rings (SSSR count). The van der Waals surface area contributed by atoms with Gasteiger partial charge >= 0.3 is 11.9 Å². The highest BCUT2D eigenvalue weighted by Crippen LogP contribution is 2.29. The molecule has 0 unspecified atom stereocenters. The summed E-state index contributed by atoms with van der Waals surface area (Å²) in [6.07, 6.45) is 2.56. The number of halogens is 2. The van der Waals surface area contributed by atoms with Gasteiger partial charge in [-0.15, -0.1) is 0 Å². The fourth-order valence-electron chi connectivity index (χ4n) is 4.01. The van der Waals surface area contributed by atoms with Gasteiger partial charge in [0.2, 0.25) is 0 Å². The molecule has 1 heterocycles. The van der Waals surface area contributed by atoms with E-state index in [1.807, 2.05) is 0 Å². The third-order valence-electron chi connectivity index (χ3n) is 6.17. The van der Waals surface area contributed by atoms with Crippen molar-refractivity contribution in [3.63, 3.8) is 0 Å². The van der Waals surface area contributed by atoms with E-state index in [-0.39, 0.29) is 45.5 Å². The normalized spacial score (nSPS) is 12.3. The number of carboxylic acids is 2. The molecule has 0 saturated heterocycles. The highest BCUT2D eigenvalue weighted by molar-refractivity contribution is 6.39. The topological polar surface area (TPSA) is 175 Å². The first-order chi connectivity index (χ1) is 19.5. The van der Waals surface area contributed by atoms with Gasteiger partial charge in [0.15, 0.2) is 0 Å². The van der Waals surface area contributed by atoms with Crippen molar-refractivity contribution in [3.8, 4) is 0 Å². The summed E-state index contributed by atoms with van der Waals surface area (Å²) in [5, 5.41) is 27.4. The predicted octanol–water partition coefficient (Wildman–Crippen LogP) is 3.45. The quantitative estimate of drug-likeness (QED) is 0.152. The smallest absolute Gasteiger partial charge is 0.326 e. The van der Waals surface area contributed by atoms with E-state index in [1.54, 1.807) is 30.3 Å². The Labute approximate surface area is 242 Å². The first kappa shape index (κ1) is 29.2. The highest BCUT2D eigenvalue weighted by atomic mass is 35.5. The molecule has 0 fully saturated rings. The lowest BCUT2D eigenvalue weighted by Gasteiger charge is -2.22. The summed E-state index contributed by atoms with van der Waals surface area (Å²) in [6, 6.07) is 12.1. The molecule has 2 atom stereocenters. The SMILES string of the molecule is O=C(Nc1c(Cl)cncc1Cl)c1ccc(C[C@H](Nc2c(N[C@@H](Cc3ccccc3)C(=O)O)c(=O)c2=O)C(=O)O)cc1. The van der Waals surface area contributed by atoms with Gasteiger partial charge in [0.05, 0.1) is 15.7 Å². The minimum Gasteiger partial charge on any atom is -0.480 e. The van der Waals surface area contributed by atoms with Crippen LogP contribution in [0.1, 0.15) is 21.5 Å². The van der Waals surface area contributed by atoms with E-state index < -0.39 is 40.8 Å². The minimum absolute atomic E-state index is 0.0241. The molecule has 0 aliphatic carbocycles. The number of hydrogen-bond donors (Lipinski definition) is 5. The number of nitrogens with zero attached hydrogens (tertiary/aromatic N) is 1. The van der Waals surface area contributed by atoms with E-state index in [4.69, 9.17) is 23.2 Å². The summed E-state index contributed by atoms with van der Waals surface area (Å²) < 4.78 is 0. The summed E-state index contributed by atoms with van der Waals surface area (Å²) >= 11 is 12.1. The summed E-state index contributed by atoms with van der Waals surface area (Å²) in [5.74, 6) is -3.07. The van der Waals surface area contributed by atoms with Crippen molar-refractivity contribution in [2.24, 2.45) is 0 Å². The monoisotopic (exact) mass is 596 g/mol. The fourth-order valence-corrected chi connectivity index (χ4v) is 4.47. The standard InChI is InChI=1S/C28H22Cl2N4O7/c29-17-12-31-13-18(30)21(17)34-26(37)16-8-6-15(7-9-16)11-20(28(40)41)33-23-22(24(35)25(23)36)32-19(27(38)39)10-14-4-2-1-3-5-14/h1-9,12-13,19-20,32-33H,10-11H2,(H,38,39)(H,40,41)(H,31,34,37)/t19-,20-/m0/s1. The number of pyridine rings is 1. The number of hydrogen-bond acceptors (Lipinski definition) is 8. The first-order valence-electron chi connectivity index (χ1n) is 12.1. The van der Waals surface area contributed by atoms with Gasteiger partial charge in [0.25, 0.3) is 16.8 Å². The number of nitrogens with one attached hydrogen (secondary N) is 3. The van der Waals surface area contributed by atoms with Crippen LogP contribution in [-0.2, 0) is 22.4 Å². The summed E-state index contributed by atoms with van der Waals surface area (Å²) in [7, 11) is 0. The van der Waals surface area contributed by atoms with Crippen LogP contribution in [0.15, 0.2) is 76.6 Å². The van der Waals surface area contributed by atoms with E-state index in [2.05, 4.69) is 20.9 Å². The number of anilines is 3. The lowest BCUT2D eigenvalue weighted by molar-refractivity contribution is -0.138. The van der Waals surface area contributed by atoms with Crippen molar-refractivity contribution in [2.75, 3.05) is 16.0 Å². The average molecular weight is 597 g/mol. The number of amides is 1. The van der Waals surface area contributed by atoms with Gasteiger partial charge in [-0.2, -0.15) is 0 Å². The van der Waals surface area contributed by atoms with E-state index in [9.17, 15) is 34.2 Å². The lowest BCUT2D eigenvalue weighted by atomic mass is 10.0. The van der Waals surface area contributed by atoms with E-state index in [1.165, 1.54) is 36.7 Å². The molecule has 3 aromatic carbocycles. The first-order valence-corrected chi connectivity index (χ1v) is 12.9. The second kappa shape index (κ2) is 12.6. The van der Waals surface area contributed by atoms with Crippen LogP contribution in [0.4, 0.5) is 17.1 Å². The third kappa shape index (κ3) is 6.89. The number of carboxylic acid groups (broad SMARTS) is 2. The van der Waals surface area contributed by atoms with Crippen LogP contribution in [0, 0.1) is 0 Å². The molecule has 0 radical (unpaired) electrons. The highest BCUT2D eigenvalue weighted by Gasteiger charge is 2.30. The van der Waals surface area contributed by atoms with Gasteiger partial charge in [-0.3, -0.25) is 19.4 Å². The maximum atomic E-state index is 12.6. The molecule has 13 heteroatoms. The number of aromatic nitrogens is 1. The Kier molecular flexibility index (Phi) is 9.00. The van der Waals surface area contributed by atoms with Crippen LogP contribution in [0.3, 0.4) is 0 Å². The summed E-state index contributed by atoms with van der Waals surface area (Å²) in [6.45, 7) is 0. The molecule has 11 nitrogen and oxygen atoms in total. The molecule has 0 saturated carbocycles. The Morgan fingerprint density at radius 2 is 1.17 bits per heavy atom. The Morgan fingerprint density at radius 3 is 1.63 bits per heavy atom. The van der Waals surface area contributed by atoms with Gasteiger partial charge in [-0.1, -0.05) is 65.7 Å². The molecule has 0 aliphatic heterocycles. The van der Waals surface area contributed by atoms with Gasteiger partial charge in [-0.25, -0.2) is 9.59 Å². The zero-order valence-electron chi connectivity index (χ0n) is 21.1. The van der Waals surface area contributed by atoms with Crippen molar-refractivity contribution < 1.29 is 24.6 Å². The Morgan fingerprint density at radius 1 is 0.707 bits per heavy atom. The zero-order valence-corrected chi connectivity index (χ0v) is 22.6. The van der Waals surface area contributed by atoms with Crippen molar-refractivity contribution in [2.45, 2.75) is 24.9 Å². The van der Waals surface area contributed by atoms with Gasteiger partial charge in [0, 0.05) is 30.8 Å². The Balaban J connectivity index is 1.46. The van der Waals surface area contributed by atoms with Crippen molar-refractivity contribution in [1.82, 2.24) is 4.98 Å². The Hall–Kier alpha value is -4.74. The van der Waals surface area contributed by atoms with Crippen LogP contribution >= 0.6 is 23.2 Å². The number of rotatable bonds is 12. The third-order valence-corrected chi connectivity index (χ3v) is 6.75. The summed E-state index contributed by atoms with van der Waals surface area (Å²) in [5.41, 5.74) is -0.864. The molecule has 210 valence electrons. The van der Waals surface area contributed by atoms with Gasteiger partial charge in [-0.05, 0) is 23.3 Å². The predicted molar refractivity (Wildman–Crippen MR) is 154 cm³/mol. The van der Waals surface area contributed by atoms with Crippen LogP contribution < -0.4 is 26.8 Å². The summed E-state index contributed by atoms with van der Waals surface area (Å²) in [4.78, 5) is 64.8. The number of carbonyl (C=O) groups is 3. The van der Waals surface area contributed by atoms with Gasteiger partial charge < -0.3 is 26.2 Å². The molecular formula is C28H22Cl2N4O7. The second-order valence-electron chi connectivity index (χ2n) is 9.00. The van der Waals surface area contributed by atoms with Crippen molar-refractivity contribution in [3.05, 3.63) is 114 Å². The van der Waals surface area contributed by atoms with Crippen LogP contribution in [-0.4, -0.2) is 45.1 Å². The van der Waals surface area contributed by atoms with Crippen LogP contribution in [0.2, 0.25) is 10.0 Å². The molecular weight excluding hydrogens is 575 g/mol. The number of benzene rings is 2. The second-order valence-corrected chi connectivity index (χ2v) is 9.82. The largest absolute Gasteiger partial charge is 0.480 e. The average Bonchev–Trinajstić information content (AvgIpc) is 2.95. The maximum Gasteiger partial charge on any atom is 0.326 e. The molecule has 0 aliphatic rings. The van der Waals surface area contributed by atoms with Gasteiger partial charge in [0.1, 0.15) is 23.5 Å². The molecule has 4 aromatic rings. The minimum atomic E-state index is -1.34. The van der Waals surface area contributed by atoms with Crippen molar-refractivity contribution in [1.29, 1.82) is 0 Å². The number of aliphatic carboxylic acids is 2. The molecule has 0 spiro atoms. The van der Waals surface area contributed by atoms with Crippen LogP contribution in [0.5, 0.6) is 0 Å². The number of carbonyl (C=O) groups excluding carboxylic acids is 1.